The first kappa shape index (κ1) is 10.5. The molecule has 4 nitrogen and oxygen atoms in total. The first-order chi connectivity index (χ1) is 8.31. The molecular formula is C12H14N4S. The van der Waals surface area contributed by atoms with Crippen LogP contribution in [0.25, 0.3) is 0 Å². The molecule has 88 valence electrons. The van der Waals surface area contributed by atoms with Gasteiger partial charge in [-0.1, -0.05) is 0 Å². The fraction of sp³-hybridized carbons (Fsp3) is 0.333. The first-order valence-electron chi connectivity index (χ1n) is 5.74. The van der Waals surface area contributed by atoms with E-state index in [4.69, 9.17) is 5.73 Å². The Morgan fingerprint density at radius 1 is 1.41 bits per heavy atom. The lowest BCUT2D eigenvalue weighted by Crippen LogP contribution is -2.03. The molecule has 0 aromatic carbocycles. The van der Waals surface area contributed by atoms with E-state index in [2.05, 4.69) is 21.4 Å². The van der Waals surface area contributed by atoms with Gasteiger partial charge in [-0.3, -0.25) is 0 Å². The van der Waals surface area contributed by atoms with E-state index < -0.39 is 0 Å². The third-order valence-corrected chi connectivity index (χ3v) is 4.13. The van der Waals surface area contributed by atoms with Gasteiger partial charge in [-0.05, 0) is 37.0 Å². The topological polar surface area (TPSA) is 63.8 Å². The largest absolute Gasteiger partial charge is 0.384 e. The van der Waals surface area contributed by atoms with Gasteiger partial charge < -0.3 is 11.1 Å². The average molecular weight is 246 g/mol. The average Bonchev–Trinajstić information content (AvgIpc) is 2.86. The number of anilines is 2. The lowest BCUT2D eigenvalue weighted by Gasteiger charge is -2.02. The van der Waals surface area contributed by atoms with Gasteiger partial charge in [0, 0.05) is 16.0 Å². The molecule has 2 aromatic heterocycles. The summed E-state index contributed by atoms with van der Waals surface area (Å²) in [4.78, 5) is 11.1. The van der Waals surface area contributed by atoms with Gasteiger partial charge in [-0.25, -0.2) is 4.98 Å². The fourth-order valence-electron chi connectivity index (χ4n) is 2.10. The van der Waals surface area contributed by atoms with Crippen molar-refractivity contribution < 1.29 is 0 Å². The Morgan fingerprint density at radius 3 is 3.18 bits per heavy atom. The molecule has 17 heavy (non-hydrogen) atoms. The molecule has 0 saturated heterocycles. The van der Waals surface area contributed by atoms with E-state index in [1.54, 1.807) is 17.1 Å². The van der Waals surface area contributed by atoms with Crippen molar-refractivity contribution in [3.63, 3.8) is 0 Å². The summed E-state index contributed by atoms with van der Waals surface area (Å²) in [5.74, 6) is 1.09. The molecule has 5 heteroatoms. The molecule has 0 spiro atoms. The molecular weight excluding hydrogens is 232 g/mol. The van der Waals surface area contributed by atoms with E-state index in [0.717, 1.165) is 6.54 Å². The van der Waals surface area contributed by atoms with Crippen LogP contribution in [0.2, 0.25) is 0 Å². The molecule has 3 N–H and O–H groups in total. The summed E-state index contributed by atoms with van der Waals surface area (Å²) in [6.07, 6.45) is 5.46. The molecule has 1 aliphatic rings. The number of thiophene rings is 1. The maximum atomic E-state index is 5.60. The molecule has 0 saturated carbocycles. The van der Waals surface area contributed by atoms with Crippen molar-refractivity contribution >= 4 is 23.1 Å². The number of hydrogen-bond donors (Lipinski definition) is 2. The lowest BCUT2D eigenvalue weighted by molar-refractivity contribution is 0.913. The maximum absolute atomic E-state index is 5.60. The number of nitrogen functional groups attached to an aromatic ring is 1. The Morgan fingerprint density at radius 2 is 2.35 bits per heavy atom. The molecule has 3 rings (SSSR count). The van der Waals surface area contributed by atoms with Gasteiger partial charge in [-0.2, -0.15) is 4.98 Å². The van der Waals surface area contributed by atoms with E-state index in [1.165, 1.54) is 29.7 Å². The molecule has 1 aliphatic carbocycles. The van der Waals surface area contributed by atoms with E-state index in [1.807, 2.05) is 11.3 Å². The molecule has 0 amide bonds. The predicted molar refractivity (Wildman–Crippen MR) is 70.1 cm³/mol. The minimum atomic E-state index is 0.496. The second-order valence-corrected chi connectivity index (χ2v) is 5.39. The molecule has 0 aliphatic heterocycles. The Hall–Kier alpha value is -1.62. The molecule has 0 radical (unpaired) electrons. The molecule has 0 fully saturated rings. The lowest BCUT2D eigenvalue weighted by atomic mass is 10.2. The predicted octanol–water partition coefficient (Wildman–Crippen LogP) is 2.22. The highest BCUT2D eigenvalue weighted by molar-refractivity contribution is 7.12. The van der Waals surface area contributed by atoms with Crippen molar-refractivity contribution in [2.24, 2.45) is 0 Å². The number of aryl methyl sites for hydroxylation is 2. The summed E-state index contributed by atoms with van der Waals surface area (Å²) >= 11 is 1.90. The van der Waals surface area contributed by atoms with Crippen LogP contribution in [0.15, 0.2) is 18.3 Å². The summed E-state index contributed by atoms with van der Waals surface area (Å²) in [5.41, 5.74) is 7.13. The van der Waals surface area contributed by atoms with Crippen LogP contribution >= 0.6 is 11.3 Å². The van der Waals surface area contributed by atoms with Gasteiger partial charge in [0.05, 0.1) is 6.54 Å². The molecule has 2 aromatic rings. The number of nitrogens with two attached hydrogens (primary N) is 1. The number of nitrogens with one attached hydrogen (secondary N) is 1. The van der Waals surface area contributed by atoms with Gasteiger partial charge in [0.15, 0.2) is 0 Å². The molecule has 2 heterocycles. The summed E-state index contributed by atoms with van der Waals surface area (Å²) in [5, 5.41) is 3.20. The van der Waals surface area contributed by atoms with E-state index in [9.17, 15) is 0 Å². The maximum Gasteiger partial charge on any atom is 0.224 e. The monoisotopic (exact) mass is 246 g/mol. The fourth-order valence-corrected chi connectivity index (χ4v) is 3.30. The second-order valence-electron chi connectivity index (χ2n) is 4.17. The Kier molecular flexibility index (Phi) is 2.68. The highest BCUT2D eigenvalue weighted by Gasteiger charge is 2.14. The van der Waals surface area contributed by atoms with Crippen LogP contribution in [0.1, 0.15) is 21.7 Å². The van der Waals surface area contributed by atoms with Crippen LogP contribution in [-0.4, -0.2) is 9.97 Å². The third-order valence-electron chi connectivity index (χ3n) is 2.90. The summed E-state index contributed by atoms with van der Waals surface area (Å²) < 4.78 is 0. The second kappa shape index (κ2) is 4.33. The van der Waals surface area contributed by atoms with Crippen molar-refractivity contribution in [1.82, 2.24) is 9.97 Å². The van der Waals surface area contributed by atoms with E-state index >= 15 is 0 Å². The Bertz CT molecular complexity index is 514. The zero-order chi connectivity index (χ0) is 11.7. The van der Waals surface area contributed by atoms with Gasteiger partial charge >= 0.3 is 0 Å². The summed E-state index contributed by atoms with van der Waals surface area (Å²) in [7, 11) is 0. The highest BCUT2D eigenvalue weighted by atomic mass is 32.1. The highest BCUT2D eigenvalue weighted by Crippen LogP contribution is 2.30. The summed E-state index contributed by atoms with van der Waals surface area (Å²) in [6, 6.07) is 3.98. The van der Waals surface area contributed by atoms with E-state index in [0.29, 0.717) is 11.8 Å². The van der Waals surface area contributed by atoms with Crippen molar-refractivity contribution in [2.75, 3.05) is 11.1 Å². The van der Waals surface area contributed by atoms with Crippen LogP contribution in [0.3, 0.4) is 0 Å². The summed E-state index contributed by atoms with van der Waals surface area (Å²) in [6.45, 7) is 0.779. The van der Waals surface area contributed by atoms with Crippen LogP contribution < -0.4 is 11.1 Å². The molecule has 0 bridgehead atoms. The van der Waals surface area contributed by atoms with Crippen molar-refractivity contribution in [2.45, 2.75) is 25.8 Å². The smallest absolute Gasteiger partial charge is 0.224 e. The number of fused-ring (bicyclic) bond motifs is 1. The normalized spacial score (nSPS) is 13.6. The number of nitrogens with zero attached hydrogens (tertiary/aromatic N) is 2. The van der Waals surface area contributed by atoms with Crippen LogP contribution in [-0.2, 0) is 19.4 Å². The third kappa shape index (κ3) is 2.24. The number of rotatable bonds is 3. The van der Waals surface area contributed by atoms with Gasteiger partial charge in [0.2, 0.25) is 5.95 Å². The molecule has 0 atom stereocenters. The van der Waals surface area contributed by atoms with Gasteiger partial charge in [-0.15, -0.1) is 11.3 Å². The Labute approximate surface area is 104 Å². The minimum Gasteiger partial charge on any atom is -0.384 e. The molecule has 0 unspecified atom stereocenters. The minimum absolute atomic E-state index is 0.496. The van der Waals surface area contributed by atoms with Gasteiger partial charge in [0.25, 0.3) is 0 Å². The van der Waals surface area contributed by atoms with Crippen LogP contribution in [0.5, 0.6) is 0 Å². The Balaban J connectivity index is 1.67. The van der Waals surface area contributed by atoms with Crippen molar-refractivity contribution in [3.05, 3.63) is 33.6 Å². The van der Waals surface area contributed by atoms with E-state index in [-0.39, 0.29) is 0 Å². The quantitative estimate of drug-likeness (QED) is 0.871. The van der Waals surface area contributed by atoms with Crippen LogP contribution in [0.4, 0.5) is 11.8 Å². The number of aromatic nitrogens is 2. The standard InChI is InChI=1S/C12H14N4S/c13-11-4-5-14-12(16-11)15-7-9-6-8-2-1-3-10(8)17-9/h4-6H,1-3,7H2,(H3,13,14,15,16). The first-order valence-corrected chi connectivity index (χ1v) is 6.56. The van der Waals surface area contributed by atoms with Crippen molar-refractivity contribution in [1.29, 1.82) is 0 Å². The van der Waals surface area contributed by atoms with Crippen molar-refractivity contribution in [3.8, 4) is 0 Å². The van der Waals surface area contributed by atoms with Crippen LogP contribution in [0, 0.1) is 0 Å². The zero-order valence-electron chi connectivity index (χ0n) is 9.44. The zero-order valence-corrected chi connectivity index (χ0v) is 10.3. The number of hydrogen-bond acceptors (Lipinski definition) is 5. The van der Waals surface area contributed by atoms with Gasteiger partial charge in [0.1, 0.15) is 5.82 Å². The SMILES string of the molecule is Nc1ccnc(NCc2cc3c(s2)CCC3)n1.